The molecule has 2 unspecified atom stereocenters. The van der Waals surface area contributed by atoms with E-state index in [0.717, 1.165) is 19.3 Å². The first-order chi connectivity index (χ1) is 7.89. The smallest absolute Gasteiger partial charge is 0.307 e. The normalized spacial score (nSPS) is 27.9. The Morgan fingerprint density at radius 2 is 2.24 bits per heavy atom. The summed E-state index contributed by atoms with van der Waals surface area (Å²) < 4.78 is 0. The average molecular weight is 252 g/mol. The molecule has 1 fully saturated rings. The third-order valence-corrected chi connectivity index (χ3v) is 4.77. The largest absolute Gasteiger partial charge is 0.481 e. The first kappa shape index (κ1) is 12.6. The zero-order valence-electron chi connectivity index (χ0n) is 10.7. The van der Waals surface area contributed by atoms with Gasteiger partial charge in [-0.15, -0.1) is 11.3 Å². The first-order valence-corrected chi connectivity index (χ1v) is 7.05. The second-order valence-corrected chi connectivity index (χ2v) is 7.06. The van der Waals surface area contributed by atoms with Crippen LogP contribution in [0, 0.1) is 18.3 Å². The molecule has 2 nitrogen and oxygen atoms in total. The maximum Gasteiger partial charge on any atom is 0.307 e. The molecule has 0 spiro atoms. The predicted molar refractivity (Wildman–Crippen MR) is 70.6 cm³/mol. The lowest BCUT2D eigenvalue weighted by molar-refractivity contribution is -0.144. The molecular formula is C14H20O2S. The van der Waals surface area contributed by atoms with Gasteiger partial charge in [-0.2, -0.15) is 0 Å². The Morgan fingerprint density at radius 1 is 1.53 bits per heavy atom. The molecule has 1 N–H and O–H groups in total. The SMILES string of the molecule is Cc1cc(C2CC(C)(C)CCC2C(=O)O)cs1. The van der Waals surface area contributed by atoms with Crippen LogP contribution >= 0.6 is 11.3 Å². The van der Waals surface area contributed by atoms with Gasteiger partial charge < -0.3 is 5.11 Å². The Balaban J connectivity index is 2.28. The van der Waals surface area contributed by atoms with Gasteiger partial charge in [0.15, 0.2) is 0 Å². The zero-order chi connectivity index (χ0) is 12.6. The average Bonchev–Trinajstić information content (AvgIpc) is 2.62. The molecule has 0 aromatic carbocycles. The number of carboxylic acid groups (broad SMARTS) is 1. The van der Waals surface area contributed by atoms with Gasteiger partial charge in [0.05, 0.1) is 5.92 Å². The van der Waals surface area contributed by atoms with Crippen molar-refractivity contribution in [2.24, 2.45) is 11.3 Å². The minimum atomic E-state index is -0.630. The van der Waals surface area contributed by atoms with E-state index < -0.39 is 5.97 Å². The Labute approximate surface area is 107 Å². The molecule has 2 rings (SSSR count). The second kappa shape index (κ2) is 4.45. The number of carboxylic acids is 1. The monoisotopic (exact) mass is 252 g/mol. The summed E-state index contributed by atoms with van der Waals surface area (Å²) in [5.41, 5.74) is 1.50. The Hall–Kier alpha value is -0.830. The van der Waals surface area contributed by atoms with Crippen molar-refractivity contribution >= 4 is 17.3 Å². The summed E-state index contributed by atoms with van der Waals surface area (Å²) in [7, 11) is 0. The molecule has 0 radical (unpaired) electrons. The van der Waals surface area contributed by atoms with E-state index in [-0.39, 0.29) is 17.3 Å². The molecule has 1 aromatic rings. The van der Waals surface area contributed by atoms with Gasteiger partial charge >= 0.3 is 5.97 Å². The van der Waals surface area contributed by atoms with Crippen molar-refractivity contribution in [2.45, 2.75) is 46.0 Å². The highest BCUT2D eigenvalue weighted by Gasteiger charge is 2.39. The Bertz CT molecular complexity index is 420. The molecular weight excluding hydrogens is 232 g/mol. The maximum absolute atomic E-state index is 11.4. The number of hydrogen-bond donors (Lipinski definition) is 1. The van der Waals surface area contributed by atoms with Crippen molar-refractivity contribution in [3.05, 3.63) is 21.9 Å². The molecule has 3 heteroatoms. The van der Waals surface area contributed by atoms with Gasteiger partial charge in [0.1, 0.15) is 0 Å². The lowest BCUT2D eigenvalue weighted by Crippen LogP contribution is -2.32. The van der Waals surface area contributed by atoms with Crippen LogP contribution in [0.5, 0.6) is 0 Å². The van der Waals surface area contributed by atoms with Crippen molar-refractivity contribution in [3.63, 3.8) is 0 Å². The number of aryl methyl sites for hydroxylation is 1. The molecule has 2 atom stereocenters. The zero-order valence-corrected chi connectivity index (χ0v) is 11.5. The van der Waals surface area contributed by atoms with Crippen molar-refractivity contribution < 1.29 is 9.90 Å². The van der Waals surface area contributed by atoms with Gasteiger partial charge in [-0.25, -0.2) is 0 Å². The van der Waals surface area contributed by atoms with Crippen LogP contribution < -0.4 is 0 Å². The molecule has 94 valence electrons. The highest BCUT2D eigenvalue weighted by molar-refractivity contribution is 7.10. The number of carbonyl (C=O) groups is 1. The second-order valence-electron chi connectivity index (χ2n) is 5.95. The summed E-state index contributed by atoms with van der Waals surface area (Å²) in [5.74, 6) is -0.632. The Morgan fingerprint density at radius 3 is 2.76 bits per heavy atom. The van der Waals surface area contributed by atoms with Gasteiger partial charge in [-0.05, 0) is 54.5 Å². The molecule has 1 aromatic heterocycles. The minimum Gasteiger partial charge on any atom is -0.481 e. The van der Waals surface area contributed by atoms with E-state index in [9.17, 15) is 9.90 Å². The van der Waals surface area contributed by atoms with Gasteiger partial charge in [-0.3, -0.25) is 4.79 Å². The van der Waals surface area contributed by atoms with E-state index in [4.69, 9.17) is 0 Å². The van der Waals surface area contributed by atoms with Crippen LogP contribution in [-0.4, -0.2) is 11.1 Å². The lowest BCUT2D eigenvalue weighted by Gasteiger charge is -2.38. The fourth-order valence-corrected chi connectivity index (χ4v) is 3.66. The molecule has 17 heavy (non-hydrogen) atoms. The van der Waals surface area contributed by atoms with Crippen LogP contribution in [0.2, 0.25) is 0 Å². The van der Waals surface area contributed by atoms with Crippen molar-refractivity contribution in [2.75, 3.05) is 0 Å². The van der Waals surface area contributed by atoms with Crippen LogP contribution in [0.25, 0.3) is 0 Å². The molecule has 1 heterocycles. The number of hydrogen-bond acceptors (Lipinski definition) is 2. The Kier molecular flexibility index (Phi) is 3.30. The van der Waals surface area contributed by atoms with Crippen LogP contribution in [-0.2, 0) is 4.79 Å². The lowest BCUT2D eigenvalue weighted by atomic mass is 9.65. The van der Waals surface area contributed by atoms with E-state index in [1.165, 1.54) is 10.4 Å². The standard InChI is InChI=1S/C14H20O2S/c1-9-6-10(8-17-9)12-7-14(2,3)5-4-11(12)13(15)16/h6,8,11-12H,4-5,7H2,1-3H3,(H,15,16). The molecule has 1 aliphatic rings. The van der Waals surface area contributed by atoms with Crippen LogP contribution in [0.4, 0.5) is 0 Å². The third kappa shape index (κ3) is 2.71. The predicted octanol–water partition coefficient (Wildman–Crippen LogP) is 4.05. The summed E-state index contributed by atoms with van der Waals surface area (Å²) in [6.45, 7) is 6.58. The summed E-state index contributed by atoms with van der Waals surface area (Å²) in [5, 5.41) is 11.5. The van der Waals surface area contributed by atoms with Crippen molar-refractivity contribution in [3.8, 4) is 0 Å². The van der Waals surface area contributed by atoms with E-state index in [1.54, 1.807) is 11.3 Å². The van der Waals surface area contributed by atoms with Gasteiger partial charge in [0.25, 0.3) is 0 Å². The van der Waals surface area contributed by atoms with Crippen molar-refractivity contribution in [1.82, 2.24) is 0 Å². The topological polar surface area (TPSA) is 37.3 Å². The van der Waals surface area contributed by atoms with Crippen LogP contribution in [0.3, 0.4) is 0 Å². The van der Waals surface area contributed by atoms with E-state index in [0.29, 0.717) is 0 Å². The molecule has 0 aliphatic heterocycles. The first-order valence-electron chi connectivity index (χ1n) is 6.17. The van der Waals surface area contributed by atoms with Crippen LogP contribution in [0.15, 0.2) is 11.4 Å². The van der Waals surface area contributed by atoms with E-state index in [1.807, 2.05) is 0 Å². The third-order valence-electron chi connectivity index (χ3n) is 3.89. The van der Waals surface area contributed by atoms with Crippen LogP contribution in [0.1, 0.15) is 49.5 Å². The molecule has 1 aliphatic carbocycles. The van der Waals surface area contributed by atoms with E-state index in [2.05, 4.69) is 32.2 Å². The quantitative estimate of drug-likeness (QED) is 0.862. The van der Waals surface area contributed by atoms with Gasteiger partial charge in [-0.1, -0.05) is 13.8 Å². The fourth-order valence-electron chi connectivity index (χ4n) is 2.89. The summed E-state index contributed by atoms with van der Waals surface area (Å²) in [6.07, 6.45) is 2.81. The summed E-state index contributed by atoms with van der Waals surface area (Å²) >= 11 is 1.72. The number of rotatable bonds is 2. The molecule has 0 bridgehead atoms. The minimum absolute atomic E-state index is 0.196. The molecule has 0 saturated heterocycles. The van der Waals surface area contributed by atoms with E-state index >= 15 is 0 Å². The molecule has 0 amide bonds. The van der Waals surface area contributed by atoms with Gasteiger partial charge in [0.2, 0.25) is 0 Å². The highest BCUT2D eigenvalue weighted by atomic mass is 32.1. The van der Waals surface area contributed by atoms with Gasteiger partial charge in [0, 0.05) is 4.88 Å². The number of thiophene rings is 1. The summed E-state index contributed by atoms with van der Waals surface area (Å²) in [6, 6.07) is 2.16. The maximum atomic E-state index is 11.4. The van der Waals surface area contributed by atoms with Crippen molar-refractivity contribution in [1.29, 1.82) is 0 Å². The number of aliphatic carboxylic acids is 1. The highest BCUT2D eigenvalue weighted by Crippen LogP contribution is 2.47. The summed E-state index contributed by atoms with van der Waals surface area (Å²) in [4.78, 5) is 12.6. The molecule has 1 saturated carbocycles. The fraction of sp³-hybridized carbons (Fsp3) is 0.643.